The monoisotopic (exact) mass is 360 g/mol. The zero-order chi connectivity index (χ0) is 18.6. The van der Waals surface area contributed by atoms with Crippen LogP contribution in [0.4, 0.5) is 0 Å². The molecule has 1 unspecified atom stereocenters. The van der Waals surface area contributed by atoms with Gasteiger partial charge in [0.1, 0.15) is 0 Å². The maximum Gasteiger partial charge on any atom is 0.307 e. The Balaban J connectivity index is 2.10. The summed E-state index contributed by atoms with van der Waals surface area (Å²) in [7, 11) is -3.67. The van der Waals surface area contributed by atoms with E-state index in [1.165, 1.54) is 19.1 Å². The molecule has 2 aromatic rings. The third-order valence-corrected chi connectivity index (χ3v) is 5.84. The fourth-order valence-electron chi connectivity index (χ4n) is 2.34. The molecule has 0 aliphatic rings. The standard InChI is InChI=1S/C19H20O5S/c1-13-3-7-16(8-4-13)18(20)11-15-5-9-17(10-6-15)25(23,24)12-14(2)19(21)22/h3-10,14H,11-12H2,1-2H3,(H,21,22). The van der Waals surface area contributed by atoms with Crippen LogP contribution in [0.25, 0.3) is 0 Å². The fraction of sp³-hybridized carbons (Fsp3) is 0.263. The van der Waals surface area contributed by atoms with Gasteiger partial charge >= 0.3 is 5.97 Å². The molecule has 0 fully saturated rings. The Labute approximate surface area is 147 Å². The van der Waals surface area contributed by atoms with Gasteiger partial charge in [-0.05, 0) is 24.6 Å². The molecular formula is C19H20O5S. The van der Waals surface area contributed by atoms with E-state index in [2.05, 4.69) is 0 Å². The zero-order valence-corrected chi connectivity index (χ0v) is 14.9. The number of sulfone groups is 1. The van der Waals surface area contributed by atoms with Crippen molar-refractivity contribution in [2.24, 2.45) is 5.92 Å². The minimum atomic E-state index is -3.67. The Morgan fingerprint density at radius 1 is 1.00 bits per heavy atom. The summed E-state index contributed by atoms with van der Waals surface area (Å²) in [5.41, 5.74) is 2.38. The topological polar surface area (TPSA) is 88.5 Å². The van der Waals surface area contributed by atoms with E-state index < -0.39 is 27.5 Å². The van der Waals surface area contributed by atoms with E-state index in [1.54, 1.807) is 24.3 Å². The number of hydrogen-bond acceptors (Lipinski definition) is 4. The Morgan fingerprint density at radius 3 is 2.08 bits per heavy atom. The smallest absolute Gasteiger partial charge is 0.307 e. The third kappa shape index (κ3) is 5.00. The van der Waals surface area contributed by atoms with Gasteiger partial charge in [0, 0.05) is 12.0 Å². The number of carboxylic acid groups (broad SMARTS) is 1. The van der Waals surface area contributed by atoms with Gasteiger partial charge in [0.05, 0.1) is 16.6 Å². The van der Waals surface area contributed by atoms with Gasteiger partial charge in [-0.15, -0.1) is 0 Å². The number of Topliss-reactive ketones (excluding diaryl/α,β-unsaturated/α-hetero) is 1. The van der Waals surface area contributed by atoms with Crippen LogP contribution < -0.4 is 0 Å². The van der Waals surface area contributed by atoms with Crippen LogP contribution in [0, 0.1) is 12.8 Å². The second-order valence-corrected chi connectivity index (χ2v) is 8.16. The first-order valence-corrected chi connectivity index (χ1v) is 9.48. The van der Waals surface area contributed by atoms with Crippen LogP contribution in [-0.2, 0) is 21.1 Å². The summed E-state index contributed by atoms with van der Waals surface area (Å²) in [5, 5.41) is 8.86. The molecule has 2 rings (SSSR count). The molecule has 25 heavy (non-hydrogen) atoms. The van der Waals surface area contributed by atoms with Crippen LogP contribution in [0.15, 0.2) is 53.4 Å². The first-order valence-electron chi connectivity index (χ1n) is 7.83. The molecule has 0 radical (unpaired) electrons. The lowest BCUT2D eigenvalue weighted by Gasteiger charge is -2.09. The Bertz CT molecular complexity index is 865. The van der Waals surface area contributed by atoms with Crippen molar-refractivity contribution in [3.63, 3.8) is 0 Å². The lowest BCUT2D eigenvalue weighted by Crippen LogP contribution is -2.21. The first-order chi connectivity index (χ1) is 11.7. The molecule has 0 aliphatic carbocycles. The predicted molar refractivity (Wildman–Crippen MR) is 94.5 cm³/mol. The maximum atomic E-state index is 12.2. The molecule has 5 nitrogen and oxygen atoms in total. The van der Waals surface area contributed by atoms with Crippen LogP contribution in [0.3, 0.4) is 0 Å². The average molecular weight is 360 g/mol. The van der Waals surface area contributed by atoms with E-state index in [0.717, 1.165) is 5.56 Å². The van der Waals surface area contributed by atoms with Crippen LogP contribution in [0.2, 0.25) is 0 Å². The van der Waals surface area contributed by atoms with Crippen LogP contribution in [-0.4, -0.2) is 31.0 Å². The summed E-state index contributed by atoms with van der Waals surface area (Å²) in [5.74, 6) is -2.63. The Morgan fingerprint density at radius 2 is 1.56 bits per heavy atom. The number of aryl methyl sites for hydroxylation is 1. The van der Waals surface area contributed by atoms with Gasteiger partial charge in [-0.1, -0.05) is 48.9 Å². The normalized spacial score (nSPS) is 12.6. The molecule has 1 N–H and O–H groups in total. The van der Waals surface area contributed by atoms with Gasteiger partial charge < -0.3 is 5.11 Å². The highest BCUT2D eigenvalue weighted by Crippen LogP contribution is 2.17. The fourth-order valence-corrected chi connectivity index (χ4v) is 3.88. The number of carbonyl (C=O) groups excluding carboxylic acids is 1. The summed E-state index contributed by atoms with van der Waals surface area (Å²) in [6.45, 7) is 3.30. The van der Waals surface area contributed by atoms with Gasteiger partial charge in [-0.25, -0.2) is 8.42 Å². The molecule has 0 spiro atoms. The van der Waals surface area contributed by atoms with E-state index in [9.17, 15) is 18.0 Å². The molecule has 2 aromatic carbocycles. The summed E-state index contributed by atoms with van der Waals surface area (Å²) < 4.78 is 24.4. The lowest BCUT2D eigenvalue weighted by atomic mass is 10.0. The van der Waals surface area contributed by atoms with Crippen LogP contribution in [0.5, 0.6) is 0 Å². The van der Waals surface area contributed by atoms with Crippen molar-refractivity contribution < 1.29 is 23.1 Å². The molecular weight excluding hydrogens is 340 g/mol. The van der Waals surface area contributed by atoms with Crippen molar-refractivity contribution in [1.82, 2.24) is 0 Å². The molecule has 6 heteroatoms. The van der Waals surface area contributed by atoms with Crippen LogP contribution in [0.1, 0.15) is 28.4 Å². The second-order valence-electron chi connectivity index (χ2n) is 6.13. The van der Waals surface area contributed by atoms with Crippen molar-refractivity contribution in [1.29, 1.82) is 0 Å². The van der Waals surface area contributed by atoms with Gasteiger partial charge in [0.25, 0.3) is 0 Å². The molecule has 0 aromatic heterocycles. The first kappa shape index (κ1) is 18.9. The van der Waals surface area contributed by atoms with Gasteiger partial charge in [0.2, 0.25) is 0 Å². The van der Waals surface area contributed by atoms with E-state index >= 15 is 0 Å². The zero-order valence-electron chi connectivity index (χ0n) is 14.1. The van der Waals surface area contributed by atoms with Gasteiger partial charge in [0.15, 0.2) is 15.6 Å². The number of carbonyl (C=O) groups is 2. The molecule has 1 atom stereocenters. The lowest BCUT2D eigenvalue weighted by molar-refractivity contribution is -0.140. The highest BCUT2D eigenvalue weighted by Gasteiger charge is 2.22. The molecule has 0 saturated carbocycles. The number of benzene rings is 2. The third-order valence-electron chi connectivity index (χ3n) is 3.91. The number of aliphatic carboxylic acids is 1. The molecule has 0 amide bonds. The van der Waals surface area contributed by atoms with Crippen molar-refractivity contribution in [2.75, 3.05) is 5.75 Å². The highest BCUT2D eigenvalue weighted by molar-refractivity contribution is 7.91. The van der Waals surface area contributed by atoms with Crippen LogP contribution >= 0.6 is 0 Å². The minimum Gasteiger partial charge on any atom is -0.481 e. The molecule has 0 saturated heterocycles. The van der Waals surface area contributed by atoms with Crippen molar-refractivity contribution in [3.05, 3.63) is 65.2 Å². The maximum absolute atomic E-state index is 12.2. The largest absolute Gasteiger partial charge is 0.481 e. The number of hydrogen-bond donors (Lipinski definition) is 1. The van der Waals surface area contributed by atoms with Gasteiger partial charge in [-0.2, -0.15) is 0 Å². The summed E-state index contributed by atoms with van der Waals surface area (Å²) in [6, 6.07) is 13.3. The van der Waals surface area contributed by atoms with E-state index in [0.29, 0.717) is 11.1 Å². The Hall–Kier alpha value is -2.47. The molecule has 0 aliphatic heterocycles. The van der Waals surface area contributed by atoms with E-state index in [4.69, 9.17) is 5.11 Å². The summed E-state index contributed by atoms with van der Waals surface area (Å²) >= 11 is 0. The average Bonchev–Trinajstić information content (AvgIpc) is 2.55. The van der Waals surface area contributed by atoms with Gasteiger partial charge in [-0.3, -0.25) is 9.59 Å². The number of ketones is 1. The van der Waals surface area contributed by atoms with E-state index in [1.807, 2.05) is 19.1 Å². The SMILES string of the molecule is Cc1ccc(C(=O)Cc2ccc(S(=O)(=O)CC(C)C(=O)O)cc2)cc1. The van der Waals surface area contributed by atoms with Crippen molar-refractivity contribution >= 4 is 21.6 Å². The second kappa shape index (κ2) is 7.61. The minimum absolute atomic E-state index is 0.0462. The molecule has 0 bridgehead atoms. The molecule has 0 heterocycles. The highest BCUT2D eigenvalue weighted by atomic mass is 32.2. The van der Waals surface area contributed by atoms with E-state index in [-0.39, 0.29) is 17.1 Å². The quantitative estimate of drug-likeness (QED) is 0.767. The molecule has 132 valence electrons. The van der Waals surface area contributed by atoms with Crippen molar-refractivity contribution in [3.8, 4) is 0 Å². The summed E-state index contributed by atoms with van der Waals surface area (Å²) in [4.78, 5) is 23.1. The number of carboxylic acids is 1. The number of rotatable bonds is 7. The summed E-state index contributed by atoms with van der Waals surface area (Å²) in [6.07, 6.45) is 0.176. The van der Waals surface area contributed by atoms with Crippen molar-refractivity contribution in [2.45, 2.75) is 25.2 Å². The predicted octanol–water partition coefficient (Wildman–Crippen LogP) is 2.91. The Kier molecular flexibility index (Phi) is 5.74.